The lowest BCUT2D eigenvalue weighted by molar-refractivity contribution is 0.210. The highest BCUT2D eigenvalue weighted by atomic mass is 32.2. The van der Waals surface area contributed by atoms with E-state index < -0.39 is 21.4 Å². The van der Waals surface area contributed by atoms with Crippen molar-refractivity contribution in [3.05, 3.63) is 45.9 Å². The third-order valence-corrected chi connectivity index (χ3v) is 7.34. The zero-order valence-corrected chi connectivity index (χ0v) is 19.0. The number of carbonyl (C=O) groups is 1. The van der Waals surface area contributed by atoms with Crippen molar-refractivity contribution in [1.29, 1.82) is 4.78 Å². The van der Waals surface area contributed by atoms with E-state index in [0.717, 1.165) is 28.5 Å². The van der Waals surface area contributed by atoms with Gasteiger partial charge in [0, 0.05) is 18.8 Å². The van der Waals surface area contributed by atoms with Gasteiger partial charge in [0.2, 0.25) is 5.16 Å². The largest absolute Gasteiger partial charge is 0.382 e. The number of nitrogens with one attached hydrogen (secondary N) is 1. The van der Waals surface area contributed by atoms with Crippen LogP contribution in [0.25, 0.3) is 11.2 Å². The Bertz CT molecular complexity index is 1330. The molecule has 1 aliphatic rings. The highest BCUT2D eigenvalue weighted by Crippen LogP contribution is 2.23. The summed E-state index contributed by atoms with van der Waals surface area (Å²) in [6, 6.07) is 7.18. The molecule has 3 aromatic rings. The van der Waals surface area contributed by atoms with Crippen molar-refractivity contribution in [1.82, 2.24) is 24.0 Å². The normalized spacial score (nSPS) is 15.9. The van der Waals surface area contributed by atoms with Crippen molar-refractivity contribution in [2.24, 2.45) is 0 Å². The van der Waals surface area contributed by atoms with Gasteiger partial charge in [-0.1, -0.05) is 36.8 Å². The first-order valence-electron chi connectivity index (χ1n) is 10.6. The smallest absolute Gasteiger partial charge is 0.339 e. The number of rotatable bonds is 5. The van der Waals surface area contributed by atoms with Gasteiger partial charge >= 0.3 is 11.7 Å². The highest BCUT2D eigenvalue weighted by Gasteiger charge is 2.29. The van der Waals surface area contributed by atoms with Crippen LogP contribution in [0.5, 0.6) is 0 Å². The van der Waals surface area contributed by atoms with Crippen molar-refractivity contribution in [2.75, 3.05) is 24.6 Å². The van der Waals surface area contributed by atoms with E-state index >= 15 is 0 Å². The molecule has 0 saturated carbocycles. The minimum atomic E-state index is -3.28. The van der Waals surface area contributed by atoms with E-state index in [4.69, 9.17) is 10.5 Å². The Balaban J connectivity index is 1.95. The minimum absolute atomic E-state index is 0.0769. The van der Waals surface area contributed by atoms with Gasteiger partial charge in [-0.3, -0.25) is 4.57 Å². The van der Waals surface area contributed by atoms with Crippen LogP contribution in [-0.4, -0.2) is 53.1 Å². The van der Waals surface area contributed by atoms with E-state index in [0.29, 0.717) is 19.5 Å². The molecule has 1 atom stereocenters. The first kappa shape index (κ1) is 22.0. The van der Waals surface area contributed by atoms with Gasteiger partial charge in [-0.2, -0.15) is 4.98 Å². The van der Waals surface area contributed by atoms with Crippen molar-refractivity contribution in [3.8, 4) is 0 Å². The maximum atomic E-state index is 13.4. The summed E-state index contributed by atoms with van der Waals surface area (Å²) in [6.07, 6.45) is 2.25. The fraction of sp³-hybridized carbons (Fsp3) is 0.429. The van der Waals surface area contributed by atoms with Crippen LogP contribution < -0.4 is 11.4 Å². The molecule has 4 rings (SSSR count). The number of nitrogens with two attached hydrogens (primary N) is 1. The predicted octanol–water partition coefficient (Wildman–Crippen LogP) is 2.41. The highest BCUT2D eigenvalue weighted by molar-refractivity contribution is 7.92. The number of likely N-dealkylation sites (tertiary alicyclic amines) is 1. The second kappa shape index (κ2) is 8.38. The van der Waals surface area contributed by atoms with Crippen molar-refractivity contribution >= 4 is 32.7 Å². The van der Waals surface area contributed by atoms with Crippen LogP contribution in [-0.2, 0) is 16.3 Å². The Hall–Kier alpha value is -3.21. The summed E-state index contributed by atoms with van der Waals surface area (Å²) in [5.74, 6) is -0.0542. The number of benzene rings is 1. The maximum absolute atomic E-state index is 13.4. The van der Waals surface area contributed by atoms with E-state index in [-0.39, 0.29) is 34.4 Å². The van der Waals surface area contributed by atoms with Crippen LogP contribution in [0.4, 0.5) is 10.6 Å². The van der Waals surface area contributed by atoms with Gasteiger partial charge in [-0.25, -0.2) is 28.1 Å². The number of anilines is 1. The molecule has 1 saturated heterocycles. The Morgan fingerprint density at radius 2 is 1.84 bits per heavy atom. The number of nitrogen functional groups attached to an aromatic ring is 1. The van der Waals surface area contributed by atoms with Crippen molar-refractivity contribution in [3.63, 3.8) is 0 Å². The Kier molecular flexibility index (Phi) is 5.76. The second-order valence-electron chi connectivity index (χ2n) is 8.11. The van der Waals surface area contributed by atoms with E-state index in [1.807, 2.05) is 38.1 Å². The van der Waals surface area contributed by atoms with Crippen LogP contribution >= 0.6 is 0 Å². The van der Waals surface area contributed by atoms with Crippen LogP contribution in [0.1, 0.15) is 37.3 Å². The molecule has 11 heteroatoms. The fourth-order valence-corrected chi connectivity index (χ4v) is 5.16. The number of hydrogen-bond donors (Lipinski definition) is 2. The molecule has 2 aromatic heterocycles. The van der Waals surface area contributed by atoms with Gasteiger partial charge in [0.05, 0.1) is 6.54 Å². The minimum Gasteiger partial charge on any atom is -0.382 e. The molecule has 3 N–H and O–H groups in total. The first-order chi connectivity index (χ1) is 15.2. The number of nitrogens with zero attached hydrogens (tertiary/aromatic N) is 5. The number of imidazole rings is 1. The molecule has 1 aromatic carbocycles. The molecule has 1 amide bonds. The number of fused-ring (bicyclic) bond motifs is 1. The number of aromatic nitrogens is 4. The summed E-state index contributed by atoms with van der Waals surface area (Å²) in [5, 5.41) is -0.215. The summed E-state index contributed by atoms with van der Waals surface area (Å²) in [7, 11) is -3.28. The van der Waals surface area contributed by atoms with Gasteiger partial charge in [0.25, 0.3) is 0 Å². The first-order valence-corrected chi connectivity index (χ1v) is 12.4. The summed E-state index contributed by atoms with van der Waals surface area (Å²) in [6.45, 7) is 5.06. The summed E-state index contributed by atoms with van der Waals surface area (Å²) < 4.78 is 23.4. The predicted molar refractivity (Wildman–Crippen MR) is 122 cm³/mol. The van der Waals surface area contributed by atoms with Gasteiger partial charge in [0.15, 0.2) is 11.5 Å². The molecular formula is C21H27N7O3S. The Morgan fingerprint density at radius 3 is 2.47 bits per heavy atom. The molecule has 0 radical (unpaired) electrons. The van der Waals surface area contributed by atoms with Gasteiger partial charge in [-0.05, 0) is 31.7 Å². The summed E-state index contributed by atoms with van der Waals surface area (Å²) in [4.78, 5) is 36.7. The fourth-order valence-electron chi connectivity index (χ4n) is 3.92. The lowest BCUT2D eigenvalue weighted by Crippen LogP contribution is -2.39. The third kappa shape index (κ3) is 3.88. The molecule has 0 aliphatic carbocycles. The summed E-state index contributed by atoms with van der Waals surface area (Å²) >= 11 is 0. The molecule has 0 bridgehead atoms. The van der Waals surface area contributed by atoms with Gasteiger partial charge in [-0.15, -0.1) is 0 Å². The number of carbonyl (C=O) groups excluding carboxylic acids is 1. The molecule has 32 heavy (non-hydrogen) atoms. The standard InChI is InChI=1S/C21H27N7O3S/c1-3-12-32(23,31)19-24-17(22)16-18(25-19)27(13-15-8-6-14(2)7-9-15)21(30)28(16)20(29)26-10-4-5-11-26/h6-9,23H,3-5,10-13H2,1-2H3,(H2,22,24,25)/t32-/m1/s1. The Morgan fingerprint density at radius 1 is 1.19 bits per heavy atom. The molecule has 0 spiro atoms. The van der Waals surface area contributed by atoms with Crippen LogP contribution in [0.15, 0.2) is 34.2 Å². The summed E-state index contributed by atoms with van der Waals surface area (Å²) in [5.41, 5.74) is 7.72. The molecular weight excluding hydrogens is 430 g/mol. The van der Waals surface area contributed by atoms with Crippen LogP contribution in [0.2, 0.25) is 0 Å². The third-order valence-electron chi connectivity index (χ3n) is 5.59. The van der Waals surface area contributed by atoms with E-state index in [9.17, 15) is 13.8 Å². The maximum Gasteiger partial charge on any atom is 0.339 e. The molecule has 1 fully saturated rings. The molecule has 10 nitrogen and oxygen atoms in total. The van der Waals surface area contributed by atoms with Crippen LogP contribution in [0.3, 0.4) is 0 Å². The lowest BCUT2D eigenvalue weighted by atomic mass is 10.1. The molecule has 170 valence electrons. The van der Waals surface area contributed by atoms with Crippen LogP contribution in [0, 0.1) is 11.7 Å². The number of hydrogen-bond acceptors (Lipinski definition) is 7. The topological polar surface area (TPSA) is 140 Å². The number of aryl methyl sites for hydroxylation is 1. The average molecular weight is 458 g/mol. The lowest BCUT2D eigenvalue weighted by Gasteiger charge is -2.15. The zero-order chi connectivity index (χ0) is 23.0. The van der Waals surface area contributed by atoms with Gasteiger partial charge < -0.3 is 10.6 Å². The number of amides is 1. The van der Waals surface area contributed by atoms with Crippen molar-refractivity contribution in [2.45, 2.75) is 44.8 Å². The Labute approximate surface area is 186 Å². The van der Waals surface area contributed by atoms with Gasteiger partial charge in [0.1, 0.15) is 15.2 Å². The monoisotopic (exact) mass is 457 g/mol. The van der Waals surface area contributed by atoms with E-state index in [1.165, 1.54) is 4.57 Å². The van der Waals surface area contributed by atoms with E-state index in [1.54, 1.807) is 4.90 Å². The van der Waals surface area contributed by atoms with E-state index in [2.05, 4.69) is 9.97 Å². The average Bonchev–Trinajstić information content (AvgIpc) is 3.37. The molecule has 3 heterocycles. The molecule has 1 aliphatic heterocycles. The molecule has 0 unspecified atom stereocenters. The van der Waals surface area contributed by atoms with Crippen molar-refractivity contribution < 1.29 is 9.00 Å². The quantitative estimate of drug-likeness (QED) is 0.564. The zero-order valence-electron chi connectivity index (χ0n) is 18.2. The second-order valence-corrected chi connectivity index (χ2v) is 10.2. The SMILES string of the molecule is CCC[S@@](=N)(=O)c1nc(N)c2c(n1)n(Cc1ccc(C)cc1)c(=O)n2C(=O)N1CCCC1.